The molecule has 0 saturated carbocycles. The molecule has 0 spiro atoms. The number of carbonyl (C=O) groups excluding carboxylic acids is 1. The van der Waals surface area contributed by atoms with Gasteiger partial charge in [0.25, 0.3) is 0 Å². The number of H-pyrrole nitrogens is 1. The van der Waals surface area contributed by atoms with E-state index in [9.17, 15) is 4.79 Å². The third kappa shape index (κ3) is 3.20. The summed E-state index contributed by atoms with van der Waals surface area (Å²) < 4.78 is 5.29. The zero-order valence-electron chi connectivity index (χ0n) is 12.1. The van der Waals surface area contributed by atoms with Crippen LogP contribution in [0.25, 0.3) is 10.9 Å². The Morgan fingerprint density at radius 3 is 2.75 bits per heavy atom. The van der Waals surface area contributed by atoms with Gasteiger partial charge in [0.15, 0.2) is 0 Å². The number of benzene rings is 1. The van der Waals surface area contributed by atoms with Crippen molar-refractivity contribution in [2.45, 2.75) is 26.7 Å². The second-order valence-electron chi connectivity index (χ2n) is 5.96. The molecule has 1 atom stereocenters. The van der Waals surface area contributed by atoms with Crippen molar-refractivity contribution < 1.29 is 14.6 Å². The van der Waals surface area contributed by atoms with Crippen molar-refractivity contribution in [3.63, 3.8) is 0 Å². The summed E-state index contributed by atoms with van der Waals surface area (Å²) in [5.74, 6) is -0.630. The van der Waals surface area contributed by atoms with Gasteiger partial charge < -0.3 is 14.8 Å². The number of aromatic amines is 1. The molecule has 20 heavy (non-hydrogen) atoms. The van der Waals surface area contributed by atoms with Gasteiger partial charge in [0.05, 0.1) is 19.1 Å². The number of rotatable bonds is 5. The van der Waals surface area contributed by atoms with Crippen molar-refractivity contribution in [2.75, 3.05) is 13.2 Å². The smallest absolute Gasteiger partial charge is 0.314 e. The molecule has 0 aliphatic carbocycles. The Bertz CT molecular complexity index is 568. The number of ether oxygens (including phenoxy) is 1. The molecule has 0 unspecified atom stereocenters. The number of aliphatic hydroxyl groups is 1. The molecule has 108 valence electrons. The van der Waals surface area contributed by atoms with Gasteiger partial charge in [-0.2, -0.15) is 0 Å². The Labute approximate surface area is 118 Å². The first kappa shape index (κ1) is 14.6. The summed E-state index contributed by atoms with van der Waals surface area (Å²) in [4.78, 5) is 15.3. The number of esters is 1. The Hall–Kier alpha value is -1.81. The highest BCUT2D eigenvalue weighted by Crippen LogP contribution is 2.23. The average Bonchev–Trinajstić information content (AvgIpc) is 2.87. The standard InChI is InChI=1S/C16H21NO3/c1-11(15(19)20-10-16(2,3)9-18)14-8-12-6-4-5-7-13(12)17-14/h4-8,11,17-18H,9-10H2,1-3H3/t11-/m0/s1. The molecule has 0 saturated heterocycles. The topological polar surface area (TPSA) is 62.3 Å². The van der Waals surface area contributed by atoms with Crippen LogP contribution in [-0.4, -0.2) is 29.3 Å². The Morgan fingerprint density at radius 1 is 1.40 bits per heavy atom. The zero-order chi connectivity index (χ0) is 14.8. The number of hydrogen-bond donors (Lipinski definition) is 2. The minimum Gasteiger partial charge on any atom is -0.465 e. The van der Waals surface area contributed by atoms with Crippen LogP contribution in [-0.2, 0) is 9.53 Å². The van der Waals surface area contributed by atoms with Gasteiger partial charge in [0.1, 0.15) is 0 Å². The predicted molar refractivity (Wildman–Crippen MR) is 78.5 cm³/mol. The molecule has 1 aromatic carbocycles. The molecular formula is C16H21NO3. The summed E-state index contributed by atoms with van der Waals surface area (Å²) in [7, 11) is 0. The van der Waals surface area contributed by atoms with Gasteiger partial charge in [-0.3, -0.25) is 4.79 Å². The fourth-order valence-electron chi connectivity index (χ4n) is 1.89. The van der Waals surface area contributed by atoms with Crippen LogP contribution < -0.4 is 0 Å². The molecule has 0 aliphatic heterocycles. The van der Waals surface area contributed by atoms with Crippen molar-refractivity contribution in [3.05, 3.63) is 36.0 Å². The lowest BCUT2D eigenvalue weighted by Gasteiger charge is -2.22. The Kier molecular flexibility index (Phi) is 4.14. The number of aromatic nitrogens is 1. The summed E-state index contributed by atoms with van der Waals surface area (Å²) >= 11 is 0. The van der Waals surface area contributed by atoms with E-state index in [0.717, 1.165) is 16.6 Å². The van der Waals surface area contributed by atoms with Crippen molar-refractivity contribution in [1.82, 2.24) is 4.98 Å². The van der Waals surface area contributed by atoms with Gasteiger partial charge in [0.2, 0.25) is 0 Å². The number of aliphatic hydroxyl groups excluding tert-OH is 1. The van der Waals surface area contributed by atoms with E-state index in [4.69, 9.17) is 9.84 Å². The van der Waals surface area contributed by atoms with Crippen LogP contribution in [0.15, 0.2) is 30.3 Å². The maximum Gasteiger partial charge on any atom is 0.314 e. The molecule has 1 heterocycles. The van der Waals surface area contributed by atoms with E-state index >= 15 is 0 Å². The van der Waals surface area contributed by atoms with Crippen molar-refractivity contribution >= 4 is 16.9 Å². The van der Waals surface area contributed by atoms with Gasteiger partial charge in [-0.05, 0) is 24.4 Å². The van der Waals surface area contributed by atoms with Gasteiger partial charge in [0, 0.05) is 16.6 Å². The SMILES string of the molecule is C[C@H](C(=O)OCC(C)(C)CO)c1cc2ccccc2[nH]1. The van der Waals surface area contributed by atoms with Crippen LogP contribution in [0.5, 0.6) is 0 Å². The lowest BCUT2D eigenvalue weighted by atomic mass is 9.96. The summed E-state index contributed by atoms with van der Waals surface area (Å²) in [5.41, 5.74) is 1.45. The highest BCUT2D eigenvalue weighted by Gasteiger charge is 2.23. The zero-order valence-corrected chi connectivity index (χ0v) is 12.1. The second kappa shape index (κ2) is 5.67. The summed E-state index contributed by atoms with van der Waals surface area (Å²) in [5, 5.41) is 10.2. The molecule has 2 N–H and O–H groups in total. The molecule has 4 nitrogen and oxygen atoms in total. The number of carbonyl (C=O) groups is 1. The predicted octanol–water partition coefficient (Wildman–Crippen LogP) is 2.83. The quantitative estimate of drug-likeness (QED) is 0.825. The molecule has 0 bridgehead atoms. The fourth-order valence-corrected chi connectivity index (χ4v) is 1.89. The number of para-hydroxylation sites is 1. The van der Waals surface area contributed by atoms with Crippen LogP contribution in [0.4, 0.5) is 0 Å². The third-order valence-electron chi connectivity index (χ3n) is 3.40. The number of fused-ring (bicyclic) bond motifs is 1. The molecule has 2 rings (SSSR count). The van der Waals surface area contributed by atoms with Gasteiger partial charge in [-0.25, -0.2) is 0 Å². The highest BCUT2D eigenvalue weighted by atomic mass is 16.5. The number of hydrogen-bond acceptors (Lipinski definition) is 3. The minimum absolute atomic E-state index is 0.0128. The molecular weight excluding hydrogens is 254 g/mol. The van der Waals surface area contributed by atoms with E-state index < -0.39 is 5.41 Å². The van der Waals surface area contributed by atoms with Crippen molar-refractivity contribution in [2.24, 2.45) is 5.41 Å². The largest absolute Gasteiger partial charge is 0.465 e. The highest BCUT2D eigenvalue weighted by molar-refractivity contribution is 5.84. The molecule has 0 aliphatic rings. The van der Waals surface area contributed by atoms with E-state index in [1.807, 2.05) is 51.1 Å². The maximum atomic E-state index is 12.1. The van der Waals surface area contributed by atoms with Crippen molar-refractivity contribution in [1.29, 1.82) is 0 Å². The summed E-state index contributed by atoms with van der Waals surface area (Å²) in [6, 6.07) is 9.87. The molecule has 0 amide bonds. The first-order chi connectivity index (χ1) is 9.43. The van der Waals surface area contributed by atoms with Crippen LogP contribution in [0, 0.1) is 5.41 Å². The molecule has 0 radical (unpaired) electrons. The van der Waals surface area contributed by atoms with Crippen LogP contribution >= 0.6 is 0 Å². The van der Waals surface area contributed by atoms with E-state index in [-0.39, 0.29) is 25.1 Å². The normalized spacial score (nSPS) is 13.4. The molecule has 2 aromatic rings. The Balaban J connectivity index is 2.06. The van der Waals surface area contributed by atoms with Gasteiger partial charge in [-0.1, -0.05) is 32.0 Å². The van der Waals surface area contributed by atoms with E-state index in [1.54, 1.807) is 0 Å². The lowest BCUT2D eigenvalue weighted by Crippen LogP contribution is -2.27. The maximum absolute atomic E-state index is 12.1. The minimum atomic E-state index is -0.407. The first-order valence-corrected chi connectivity index (χ1v) is 6.78. The molecule has 4 heteroatoms. The number of nitrogens with one attached hydrogen (secondary N) is 1. The van der Waals surface area contributed by atoms with E-state index in [2.05, 4.69) is 4.98 Å². The average molecular weight is 275 g/mol. The van der Waals surface area contributed by atoms with Crippen LogP contribution in [0.2, 0.25) is 0 Å². The Morgan fingerprint density at radius 2 is 2.10 bits per heavy atom. The van der Waals surface area contributed by atoms with Gasteiger partial charge >= 0.3 is 5.97 Å². The van der Waals surface area contributed by atoms with Crippen LogP contribution in [0.3, 0.4) is 0 Å². The summed E-state index contributed by atoms with van der Waals surface area (Å²) in [6.07, 6.45) is 0. The summed E-state index contributed by atoms with van der Waals surface area (Å²) in [6.45, 7) is 5.73. The second-order valence-corrected chi connectivity index (χ2v) is 5.96. The van der Waals surface area contributed by atoms with E-state index in [1.165, 1.54) is 0 Å². The molecule has 0 fully saturated rings. The van der Waals surface area contributed by atoms with E-state index in [0.29, 0.717) is 0 Å². The third-order valence-corrected chi connectivity index (χ3v) is 3.40. The van der Waals surface area contributed by atoms with Gasteiger partial charge in [-0.15, -0.1) is 0 Å². The van der Waals surface area contributed by atoms with Crippen molar-refractivity contribution in [3.8, 4) is 0 Å². The van der Waals surface area contributed by atoms with Crippen LogP contribution in [0.1, 0.15) is 32.4 Å². The molecule has 1 aromatic heterocycles. The lowest BCUT2D eigenvalue weighted by molar-refractivity contribution is -0.148. The first-order valence-electron chi connectivity index (χ1n) is 6.78. The monoisotopic (exact) mass is 275 g/mol. The fraction of sp³-hybridized carbons (Fsp3) is 0.438.